The lowest BCUT2D eigenvalue weighted by Crippen LogP contribution is -1.94. The van der Waals surface area contributed by atoms with E-state index in [9.17, 15) is 0 Å². The normalized spacial score (nSPS) is 11.3. The van der Waals surface area contributed by atoms with Gasteiger partial charge in [-0.25, -0.2) is 9.97 Å². The molecular formula is C21H17N5O. The molecule has 0 radical (unpaired) electrons. The molecule has 132 valence electrons. The summed E-state index contributed by atoms with van der Waals surface area (Å²) in [5.41, 5.74) is 5.90. The average Bonchev–Trinajstić information content (AvgIpc) is 3.31. The predicted octanol–water partition coefficient (Wildman–Crippen LogP) is 3.96. The van der Waals surface area contributed by atoms with Crippen LogP contribution in [0.25, 0.3) is 39.1 Å². The van der Waals surface area contributed by atoms with Crippen LogP contribution in [0.4, 0.5) is 0 Å². The van der Waals surface area contributed by atoms with Gasteiger partial charge in [0.1, 0.15) is 0 Å². The standard InChI is InChI=1S/C21H17N5O/c1-25-8-7-15-9-14(3-5-18(15)25)17-13-26-19(11-23-20(26)12-22-17)16-4-6-21(27-2)24-10-16/h3-13H,1-2H3. The Labute approximate surface area is 155 Å². The van der Waals surface area contributed by atoms with E-state index in [0.717, 1.165) is 28.2 Å². The van der Waals surface area contributed by atoms with Gasteiger partial charge < -0.3 is 9.30 Å². The molecular weight excluding hydrogens is 338 g/mol. The molecule has 0 aliphatic heterocycles. The third kappa shape index (κ3) is 2.54. The van der Waals surface area contributed by atoms with Gasteiger partial charge in [-0.05, 0) is 24.3 Å². The van der Waals surface area contributed by atoms with Gasteiger partial charge in [-0.3, -0.25) is 9.38 Å². The van der Waals surface area contributed by atoms with Gasteiger partial charge >= 0.3 is 0 Å². The summed E-state index contributed by atoms with van der Waals surface area (Å²) < 4.78 is 9.30. The first-order valence-electron chi connectivity index (χ1n) is 8.62. The lowest BCUT2D eigenvalue weighted by molar-refractivity contribution is 0.398. The minimum atomic E-state index is 0.589. The maximum Gasteiger partial charge on any atom is 0.212 e. The number of aromatic nitrogens is 5. The van der Waals surface area contributed by atoms with Gasteiger partial charge in [0, 0.05) is 53.7 Å². The van der Waals surface area contributed by atoms with Crippen LogP contribution in [0.3, 0.4) is 0 Å². The minimum Gasteiger partial charge on any atom is -0.481 e. The molecule has 0 fully saturated rings. The molecule has 0 saturated heterocycles. The number of hydrogen-bond donors (Lipinski definition) is 0. The maximum atomic E-state index is 5.14. The van der Waals surface area contributed by atoms with E-state index in [0.29, 0.717) is 5.88 Å². The van der Waals surface area contributed by atoms with Crippen LogP contribution in [0.2, 0.25) is 0 Å². The lowest BCUT2D eigenvalue weighted by Gasteiger charge is -2.06. The van der Waals surface area contributed by atoms with Gasteiger partial charge in [-0.2, -0.15) is 0 Å². The molecule has 0 N–H and O–H groups in total. The molecule has 0 saturated carbocycles. The van der Waals surface area contributed by atoms with E-state index in [1.807, 2.05) is 36.0 Å². The molecule has 0 atom stereocenters. The van der Waals surface area contributed by atoms with Gasteiger partial charge in [-0.15, -0.1) is 0 Å². The van der Waals surface area contributed by atoms with E-state index in [2.05, 4.69) is 50.0 Å². The second-order valence-electron chi connectivity index (χ2n) is 6.43. The fourth-order valence-electron chi connectivity index (χ4n) is 3.35. The Morgan fingerprint density at radius 2 is 1.78 bits per heavy atom. The highest BCUT2D eigenvalue weighted by atomic mass is 16.5. The summed E-state index contributed by atoms with van der Waals surface area (Å²) in [7, 11) is 3.66. The highest BCUT2D eigenvalue weighted by Crippen LogP contribution is 2.26. The Kier molecular flexibility index (Phi) is 3.43. The SMILES string of the molecule is COc1ccc(-c2cnc3cnc(-c4ccc5c(ccn5C)c4)cn23)cn1. The first kappa shape index (κ1) is 15.6. The third-order valence-corrected chi connectivity index (χ3v) is 4.82. The summed E-state index contributed by atoms with van der Waals surface area (Å²) in [5.74, 6) is 0.589. The van der Waals surface area contributed by atoms with Crippen molar-refractivity contribution in [2.75, 3.05) is 7.11 Å². The lowest BCUT2D eigenvalue weighted by atomic mass is 10.1. The molecule has 4 aromatic heterocycles. The highest BCUT2D eigenvalue weighted by Gasteiger charge is 2.10. The van der Waals surface area contributed by atoms with Crippen LogP contribution < -0.4 is 4.74 Å². The monoisotopic (exact) mass is 355 g/mol. The molecule has 5 rings (SSSR count). The molecule has 6 nitrogen and oxygen atoms in total. The smallest absolute Gasteiger partial charge is 0.212 e. The van der Waals surface area contributed by atoms with E-state index >= 15 is 0 Å². The first-order valence-corrected chi connectivity index (χ1v) is 8.62. The minimum absolute atomic E-state index is 0.589. The topological polar surface area (TPSA) is 57.2 Å². The summed E-state index contributed by atoms with van der Waals surface area (Å²) in [5, 5.41) is 1.20. The third-order valence-electron chi connectivity index (χ3n) is 4.82. The molecule has 0 aliphatic rings. The average molecular weight is 355 g/mol. The number of hydrogen-bond acceptors (Lipinski definition) is 4. The zero-order valence-electron chi connectivity index (χ0n) is 15.0. The van der Waals surface area contributed by atoms with Crippen LogP contribution in [-0.4, -0.2) is 31.0 Å². The number of aryl methyl sites for hydroxylation is 1. The second kappa shape index (κ2) is 5.95. The number of fused-ring (bicyclic) bond motifs is 2. The van der Waals surface area contributed by atoms with Gasteiger partial charge in [0.2, 0.25) is 5.88 Å². The zero-order valence-corrected chi connectivity index (χ0v) is 15.0. The van der Waals surface area contributed by atoms with E-state index in [1.165, 1.54) is 10.9 Å². The van der Waals surface area contributed by atoms with Crippen LogP contribution in [0.15, 0.2) is 67.4 Å². The Morgan fingerprint density at radius 3 is 2.59 bits per heavy atom. The Morgan fingerprint density at radius 1 is 0.889 bits per heavy atom. The molecule has 0 spiro atoms. The van der Waals surface area contributed by atoms with Crippen molar-refractivity contribution in [3.05, 3.63) is 67.4 Å². The van der Waals surface area contributed by atoms with E-state index in [4.69, 9.17) is 4.74 Å². The van der Waals surface area contributed by atoms with E-state index in [1.54, 1.807) is 19.5 Å². The summed E-state index contributed by atoms with van der Waals surface area (Å²) in [6.45, 7) is 0. The van der Waals surface area contributed by atoms with Crippen molar-refractivity contribution in [1.29, 1.82) is 0 Å². The summed E-state index contributed by atoms with van der Waals surface area (Å²) in [4.78, 5) is 13.4. The molecule has 6 heteroatoms. The first-order chi connectivity index (χ1) is 13.2. The Bertz CT molecular complexity index is 1270. The highest BCUT2D eigenvalue weighted by molar-refractivity contribution is 5.85. The van der Waals surface area contributed by atoms with Gasteiger partial charge in [-0.1, -0.05) is 6.07 Å². The van der Waals surface area contributed by atoms with Crippen LogP contribution in [0.1, 0.15) is 0 Å². The maximum absolute atomic E-state index is 5.14. The van der Waals surface area contributed by atoms with Crippen LogP contribution >= 0.6 is 0 Å². The summed E-state index contributed by atoms with van der Waals surface area (Å²) in [6.07, 6.45) is 9.51. The number of methoxy groups -OCH3 is 1. The Hall–Kier alpha value is -3.67. The number of benzene rings is 1. The van der Waals surface area contributed by atoms with E-state index in [-0.39, 0.29) is 0 Å². The number of nitrogens with zero attached hydrogens (tertiary/aromatic N) is 5. The Balaban J connectivity index is 1.63. The number of imidazole rings is 1. The zero-order chi connectivity index (χ0) is 18.4. The fraction of sp³-hybridized carbons (Fsp3) is 0.0952. The van der Waals surface area contributed by atoms with Crippen molar-refractivity contribution in [2.24, 2.45) is 7.05 Å². The summed E-state index contributed by atoms with van der Waals surface area (Å²) >= 11 is 0. The van der Waals surface area contributed by atoms with Gasteiger partial charge in [0.25, 0.3) is 0 Å². The number of rotatable bonds is 3. The molecule has 0 aliphatic carbocycles. The second-order valence-corrected chi connectivity index (χ2v) is 6.43. The predicted molar refractivity (Wildman–Crippen MR) is 105 cm³/mol. The molecule has 1 aromatic carbocycles. The van der Waals surface area contributed by atoms with Crippen molar-refractivity contribution < 1.29 is 4.74 Å². The van der Waals surface area contributed by atoms with Crippen LogP contribution in [0, 0.1) is 0 Å². The van der Waals surface area contributed by atoms with Crippen molar-refractivity contribution in [1.82, 2.24) is 23.9 Å². The molecule has 27 heavy (non-hydrogen) atoms. The molecule has 0 amide bonds. The van der Waals surface area contributed by atoms with Crippen molar-refractivity contribution in [2.45, 2.75) is 0 Å². The quantitative estimate of drug-likeness (QED) is 0.492. The number of pyridine rings is 1. The van der Waals surface area contributed by atoms with Gasteiger partial charge in [0.15, 0.2) is 5.65 Å². The molecule has 0 unspecified atom stereocenters. The largest absolute Gasteiger partial charge is 0.481 e. The van der Waals surface area contributed by atoms with Crippen LogP contribution in [-0.2, 0) is 7.05 Å². The van der Waals surface area contributed by atoms with Crippen LogP contribution in [0.5, 0.6) is 5.88 Å². The van der Waals surface area contributed by atoms with Crippen molar-refractivity contribution in [3.63, 3.8) is 0 Å². The van der Waals surface area contributed by atoms with Crippen molar-refractivity contribution in [3.8, 4) is 28.4 Å². The van der Waals surface area contributed by atoms with Crippen molar-refractivity contribution >= 4 is 16.6 Å². The molecule has 0 bridgehead atoms. The van der Waals surface area contributed by atoms with Gasteiger partial charge in [0.05, 0.1) is 30.9 Å². The fourth-order valence-corrected chi connectivity index (χ4v) is 3.35. The summed E-state index contributed by atoms with van der Waals surface area (Å²) in [6, 6.07) is 12.3. The van der Waals surface area contributed by atoms with E-state index < -0.39 is 0 Å². The number of ether oxygens (including phenoxy) is 1. The molecule has 5 aromatic rings. The molecule has 4 heterocycles.